The number of aliphatic hydroxyl groups is 2. The monoisotopic (exact) mass is 296 g/mol. The summed E-state index contributed by atoms with van der Waals surface area (Å²) >= 11 is 0. The molecule has 1 fully saturated rings. The van der Waals surface area contributed by atoms with E-state index in [4.69, 9.17) is 0 Å². The molecule has 1 heterocycles. The molecule has 0 radical (unpaired) electrons. The van der Waals surface area contributed by atoms with Gasteiger partial charge in [-0.25, -0.2) is 4.39 Å². The van der Waals surface area contributed by atoms with E-state index < -0.39 is 6.10 Å². The minimum Gasteiger partial charge on any atom is -0.392 e. The van der Waals surface area contributed by atoms with Gasteiger partial charge in [-0.05, 0) is 31.5 Å². The average Bonchev–Trinajstić information content (AvgIpc) is 2.41. The third-order valence-electron chi connectivity index (χ3n) is 4.01. The van der Waals surface area contributed by atoms with Gasteiger partial charge < -0.3 is 10.2 Å². The lowest BCUT2D eigenvalue weighted by atomic mass is 10.1. The first-order valence-corrected chi connectivity index (χ1v) is 7.53. The molecule has 0 unspecified atom stereocenters. The number of benzene rings is 1. The van der Waals surface area contributed by atoms with Crippen LogP contribution in [0.1, 0.15) is 25.5 Å². The zero-order valence-electron chi connectivity index (χ0n) is 12.7. The van der Waals surface area contributed by atoms with E-state index in [1.165, 1.54) is 12.1 Å². The largest absolute Gasteiger partial charge is 0.392 e. The highest BCUT2D eigenvalue weighted by Crippen LogP contribution is 2.18. The Hall–Kier alpha value is -1.01. The van der Waals surface area contributed by atoms with Gasteiger partial charge in [-0.2, -0.15) is 0 Å². The minimum atomic E-state index is -0.670. The standard InChI is InChI=1S/C16H25FN2O2/c1-12-9-18(6-7-19(12)10-13(2)20)11-16(21)14-4-3-5-15(17)8-14/h3-5,8,12-13,16,20-21H,6-7,9-11H2,1-2H3/t12-,13-,16-/m0/s1. The lowest BCUT2D eigenvalue weighted by molar-refractivity contribution is 0.0240. The van der Waals surface area contributed by atoms with Crippen LogP contribution in [0.4, 0.5) is 4.39 Å². The summed E-state index contributed by atoms with van der Waals surface area (Å²) in [5.41, 5.74) is 0.620. The number of nitrogens with zero attached hydrogens (tertiary/aromatic N) is 2. The molecule has 2 N–H and O–H groups in total. The van der Waals surface area contributed by atoms with Gasteiger partial charge in [0.15, 0.2) is 0 Å². The molecule has 1 aliphatic heterocycles. The van der Waals surface area contributed by atoms with Crippen molar-refractivity contribution < 1.29 is 14.6 Å². The molecular formula is C16H25FN2O2. The zero-order chi connectivity index (χ0) is 15.4. The van der Waals surface area contributed by atoms with Crippen molar-refractivity contribution in [2.24, 2.45) is 0 Å². The summed E-state index contributed by atoms with van der Waals surface area (Å²) in [7, 11) is 0. The molecule has 1 aromatic carbocycles. The molecule has 0 aromatic heterocycles. The number of halogens is 1. The summed E-state index contributed by atoms with van der Waals surface area (Å²) in [6.45, 7) is 7.69. The quantitative estimate of drug-likeness (QED) is 0.858. The maximum atomic E-state index is 13.2. The Morgan fingerprint density at radius 1 is 1.29 bits per heavy atom. The highest BCUT2D eigenvalue weighted by molar-refractivity contribution is 5.19. The molecule has 1 aromatic rings. The molecule has 1 saturated heterocycles. The van der Waals surface area contributed by atoms with Gasteiger partial charge in [0.05, 0.1) is 12.2 Å². The fraction of sp³-hybridized carbons (Fsp3) is 0.625. The van der Waals surface area contributed by atoms with Crippen LogP contribution in [0.3, 0.4) is 0 Å². The van der Waals surface area contributed by atoms with Crippen molar-refractivity contribution >= 4 is 0 Å². The molecular weight excluding hydrogens is 271 g/mol. The van der Waals surface area contributed by atoms with Crippen LogP contribution in [0.25, 0.3) is 0 Å². The predicted molar refractivity (Wildman–Crippen MR) is 80.5 cm³/mol. The molecule has 0 amide bonds. The van der Waals surface area contributed by atoms with Crippen molar-refractivity contribution in [2.45, 2.75) is 32.1 Å². The predicted octanol–water partition coefficient (Wildman–Crippen LogP) is 1.25. The smallest absolute Gasteiger partial charge is 0.123 e. The lowest BCUT2D eigenvalue weighted by Crippen LogP contribution is -2.54. The van der Waals surface area contributed by atoms with Crippen molar-refractivity contribution in [2.75, 3.05) is 32.7 Å². The topological polar surface area (TPSA) is 46.9 Å². The van der Waals surface area contributed by atoms with Crippen molar-refractivity contribution in [3.8, 4) is 0 Å². The number of β-amino-alcohol motifs (C(OH)–C–C–N with tert-alkyl or cyclic N) is 2. The summed E-state index contributed by atoms with van der Waals surface area (Å²) in [6.07, 6.45) is -0.993. The molecule has 3 atom stereocenters. The fourth-order valence-electron chi connectivity index (χ4n) is 2.91. The number of hydrogen-bond donors (Lipinski definition) is 2. The number of hydrogen-bond acceptors (Lipinski definition) is 4. The van der Waals surface area contributed by atoms with Crippen LogP contribution in [-0.2, 0) is 0 Å². The van der Waals surface area contributed by atoms with E-state index in [9.17, 15) is 14.6 Å². The van der Waals surface area contributed by atoms with E-state index in [0.29, 0.717) is 24.7 Å². The van der Waals surface area contributed by atoms with Crippen molar-refractivity contribution in [1.29, 1.82) is 0 Å². The molecule has 0 saturated carbocycles. The number of rotatable bonds is 5. The fourth-order valence-corrected chi connectivity index (χ4v) is 2.91. The van der Waals surface area contributed by atoms with Gasteiger partial charge in [-0.1, -0.05) is 12.1 Å². The molecule has 0 bridgehead atoms. The van der Waals surface area contributed by atoms with Crippen LogP contribution in [0, 0.1) is 5.82 Å². The Morgan fingerprint density at radius 2 is 2.05 bits per heavy atom. The highest BCUT2D eigenvalue weighted by atomic mass is 19.1. The third kappa shape index (κ3) is 4.74. The first kappa shape index (κ1) is 16.4. The number of piperazine rings is 1. The average molecular weight is 296 g/mol. The maximum Gasteiger partial charge on any atom is 0.123 e. The maximum absolute atomic E-state index is 13.2. The first-order chi connectivity index (χ1) is 9.95. The Balaban J connectivity index is 1.87. The van der Waals surface area contributed by atoms with E-state index in [2.05, 4.69) is 16.7 Å². The van der Waals surface area contributed by atoms with Gasteiger partial charge in [0.25, 0.3) is 0 Å². The zero-order valence-corrected chi connectivity index (χ0v) is 12.7. The summed E-state index contributed by atoms with van der Waals surface area (Å²) in [5.74, 6) is -0.318. The van der Waals surface area contributed by atoms with Gasteiger partial charge in [-0.3, -0.25) is 9.80 Å². The second kappa shape index (κ2) is 7.31. The molecule has 0 aliphatic carbocycles. The molecule has 118 valence electrons. The molecule has 0 spiro atoms. The van der Waals surface area contributed by atoms with E-state index in [-0.39, 0.29) is 11.9 Å². The van der Waals surface area contributed by atoms with Crippen LogP contribution < -0.4 is 0 Å². The van der Waals surface area contributed by atoms with Gasteiger partial charge in [-0.15, -0.1) is 0 Å². The molecule has 21 heavy (non-hydrogen) atoms. The van der Waals surface area contributed by atoms with Crippen LogP contribution >= 0.6 is 0 Å². The normalized spacial score (nSPS) is 24.0. The molecule has 1 aliphatic rings. The summed E-state index contributed by atoms with van der Waals surface area (Å²) in [5, 5.41) is 19.7. The molecule has 5 heteroatoms. The minimum absolute atomic E-state index is 0.318. The second-order valence-electron chi connectivity index (χ2n) is 6.02. The van der Waals surface area contributed by atoms with Crippen molar-refractivity contribution in [1.82, 2.24) is 9.80 Å². The van der Waals surface area contributed by atoms with Gasteiger partial charge in [0.2, 0.25) is 0 Å². The second-order valence-corrected chi connectivity index (χ2v) is 6.02. The molecule has 4 nitrogen and oxygen atoms in total. The van der Waals surface area contributed by atoms with E-state index >= 15 is 0 Å². The van der Waals surface area contributed by atoms with Crippen molar-refractivity contribution in [3.05, 3.63) is 35.6 Å². The van der Waals surface area contributed by atoms with E-state index in [1.54, 1.807) is 19.1 Å². The Morgan fingerprint density at radius 3 is 2.67 bits per heavy atom. The van der Waals surface area contributed by atoms with Gasteiger partial charge in [0.1, 0.15) is 5.82 Å². The summed E-state index contributed by atoms with van der Waals surface area (Å²) in [6, 6.07) is 6.48. The van der Waals surface area contributed by atoms with Crippen molar-refractivity contribution in [3.63, 3.8) is 0 Å². The Bertz CT molecular complexity index is 456. The molecule has 2 rings (SSSR count). The highest BCUT2D eigenvalue weighted by Gasteiger charge is 2.25. The summed E-state index contributed by atoms with van der Waals surface area (Å²) in [4.78, 5) is 4.45. The Kier molecular flexibility index (Phi) is 5.70. The van der Waals surface area contributed by atoms with Crippen LogP contribution in [0.5, 0.6) is 0 Å². The van der Waals surface area contributed by atoms with Gasteiger partial charge >= 0.3 is 0 Å². The van der Waals surface area contributed by atoms with E-state index in [1.807, 2.05) is 0 Å². The van der Waals surface area contributed by atoms with Crippen LogP contribution in [-0.4, -0.2) is 64.9 Å². The SMILES string of the molecule is C[C@H](O)CN1CCN(C[C@H](O)c2cccc(F)c2)C[C@@H]1C. The van der Waals surface area contributed by atoms with Crippen LogP contribution in [0.15, 0.2) is 24.3 Å². The summed E-state index contributed by atoms with van der Waals surface area (Å²) < 4.78 is 13.2. The van der Waals surface area contributed by atoms with Crippen LogP contribution in [0.2, 0.25) is 0 Å². The Labute approximate surface area is 125 Å². The third-order valence-corrected chi connectivity index (χ3v) is 4.01. The number of aliphatic hydroxyl groups excluding tert-OH is 2. The van der Waals surface area contributed by atoms with Gasteiger partial charge in [0, 0.05) is 38.8 Å². The van der Waals surface area contributed by atoms with E-state index in [0.717, 1.165) is 19.6 Å². The first-order valence-electron chi connectivity index (χ1n) is 7.53. The lowest BCUT2D eigenvalue weighted by Gasteiger charge is -2.41.